The first kappa shape index (κ1) is 89.0. The van der Waals surface area contributed by atoms with Crippen LogP contribution in [0.15, 0.2) is 212 Å². The van der Waals surface area contributed by atoms with Crippen LogP contribution in [0, 0.1) is 57.0 Å². The molecule has 0 radical (unpaired) electrons. The molecular weight excluding hydrogens is 1620 g/mol. The van der Waals surface area contributed by atoms with Crippen LogP contribution in [0.25, 0.3) is 45.3 Å². The van der Waals surface area contributed by atoms with Gasteiger partial charge in [-0.05, 0) is 190 Å². The van der Waals surface area contributed by atoms with Gasteiger partial charge in [0.05, 0.1) is 136 Å². The van der Waals surface area contributed by atoms with Gasteiger partial charge < -0.3 is 91.5 Å². The maximum Gasteiger partial charge on any atom is 0.299 e. The summed E-state index contributed by atoms with van der Waals surface area (Å²) in [7, 11) is -0.883. The number of nitrogens with one attached hydrogen (secondary N) is 5. The molecule has 5 N–H and O–H groups in total. The van der Waals surface area contributed by atoms with Crippen molar-refractivity contribution in [2.75, 3.05) is 186 Å². The van der Waals surface area contributed by atoms with Gasteiger partial charge in [0.1, 0.15) is 36.3 Å². The van der Waals surface area contributed by atoms with Gasteiger partial charge in [0.25, 0.3) is 24.1 Å². The third kappa shape index (κ3) is 27.6. The number of piperidine rings is 2. The first-order chi connectivity index (χ1) is 61.0. The fourth-order valence-electron chi connectivity index (χ4n) is 13.8. The monoisotopic (exact) mass is 1710 g/mol. The van der Waals surface area contributed by atoms with Gasteiger partial charge >= 0.3 is 0 Å². The highest BCUT2D eigenvalue weighted by Gasteiger charge is 2.22. The van der Waals surface area contributed by atoms with E-state index in [9.17, 15) is 13.0 Å². The van der Waals surface area contributed by atoms with E-state index in [-0.39, 0.29) is 17.8 Å². The lowest BCUT2D eigenvalue weighted by atomic mass is 10.1. The van der Waals surface area contributed by atoms with Crippen molar-refractivity contribution in [3.8, 4) is 81.1 Å². The molecule has 0 aliphatic carbocycles. The number of morpholine rings is 2. The summed E-state index contributed by atoms with van der Waals surface area (Å²) in [6, 6.07) is 59.2. The smallest absolute Gasteiger partial charge is 0.299 e. The van der Waals surface area contributed by atoms with Crippen LogP contribution in [0.4, 0.5) is 78.3 Å². The molecule has 0 bridgehead atoms. The van der Waals surface area contributed by atoms with Crippen LogP contribution in [0.3, 0.4) is 0 Å². The molecule has 125 heavy (non-hydrogen) atoms. The number of rotatable bonds is 31. The lowest BCUT2D eigenvalue weighted by molar-refractivity contribution is 0.0180. The maximum absolute atomic E-state index is 14.1. The Hall–Kier alpha value is -13.8. The van der Waals surface area contributed by atoms with Gasteiger partial charge in [-0.2, -0.15) is 21.0 Å². The minimum absolute atomic E-state index is 0.235. The van der Waals surface area contributed by atoms with Crippen molar-refractivity contribution >= 4 is 85.1 Å². The van der Waals surface area contributed by atoms with E-state index in [0.717, 1.165) is 132 Å². The zero-order valence-electron chi connectivity index (χ0n) is 69.5. The van der Waals surface area contributed by atoms with Gasteiger partial charge in [-0.1, -0.05) is 0 Å². The molecule has 1 unspecified atom stereocenters. The molecule has 12 aromatic rings. The number of anilines is 12. The van der Waals surface area contributed by atoms with Gasteiger partial charge in [-0.25, -0.2) is 32.9 Å². The van der Waals surface area contributed by atoms with E-state index in [2.05, 4.69) is 114 Å². The van der Waals surface area contributed by atoms with E-state index in [1.165, 1.54) is 61.5 Å². The maximum atomic E-state index is 14.1. The Morgan fingerprint density at radius 3 is 1.14 bits per heavy atom. The van der Waals surface area contributed by atoms with Crippen molar-refractivity contribution in [1.82, 2.24) is 24.8 Å². The van der Waals surface area contributed by atoms with Gasteiger partial charge in [-0.15, -0.1) is 0 Å². The summed E-state index contributed by atoms with van der Waals surface area (Å²) in [4.78, 5) is 26.4. The average molecular weight is 1710 g/mol. The topological polar surface area (TPSA) is 354 Å². The Kier molecular flexibility index (Phi) is 32.3. The molecule has 8 aromatic carbocycles. The van der Waals surface area contributed by atoms with Gasteiger partial charge in [0.2, 0.25) is 0 Å². The summed E-state index contributed by atoms with van der Waals surface area (Å²) in [5, 5.41) is 48.2. The predicted octanol–water partition coefficient (Wildman–Crippen LogP) is 17.4. The summed E-state index contributed by atoms with van der Waals surface area (Å²) in [6.45, 7) is 14.5. The molecule has 4 aliphatic rings. The Balaban J connectivity index is 0.000000144. The number of methoxy groups -OCH3 is 1. The van der Waals surface area contributed by atoms with Crippen LogP contribution in [0.5, 0.6) is 11.5 Å². The largest absolute Gasteiger partial charge is 0.492 e. The summed E-state index contributed by atoms with van der Waals surface area (Å²) in [6.07, 6.45) is 15.3. The number of benzene rings is 8. The molecule has 0 amide bonds. The average Bonchev–Trinajstić information content (AvgIpc) is 1.73. The minimum Gasteiger partial charge on any atom is -0.492 e. The van der Waals surface area contributed by atoms with E-state index >= 15 is 0 Å². The number of hydrogen-bond donors (Lipinski definition) is 5. The molecule has 646 valence electrons. The second kappa shape index (κ2) is 45.4. The molecular formula is C93H97F2N17O12S. The van der Waals surface area contributed by atoms with Crippen LogP contribution in [0.2, 0.25) is 0 Å². The fraction of sp³-hybridized carbons (Fsp3) is 0.301. The summed E-state index contributed by atoms with van der Waals surface area (Å²) >= 11 is 0. The minimum atomic E-state index is -2.51. The lowest BCUT2D eigenvalue weighted by Gasteiger charge is -2.33. The number of halogens is 2. The Morgan fingerprint density at radius 2 is 0.736 bits per heavy atom. The highest BCUT2D eigenvalue weighted by atomic mass is 32.2. The molecule has 1 atom stereocenters. The normalized spacial score (nSPS) is 14.3. The number of aromatic nitrogens is 4. The van der Waals surface area contributed by atoms with E-state index < -0.39 is 15.5 Å². The second-order valence-electron chi connectivity index (χ2n) is 29.4. The van der Waals surface area contributed by atoms with Crippen molar-refractivity contribution in [3.05, 3.63) is 229 Å². The molecule has 4 saturated heterocycles. The molecule has 32 heteroatoms. The number of hydrogen-bond acceptors (Lipinski definition) is 28. The quantitative estimate of drug-likeness (QED) is 0.0199. The second-order valence-corrected chi connectivity index (χ2v) is 31.6. The third-order valence-electron chi connectivity index (χ3n) is 20.0. The molecule has 29 nitrogen and oxygen atoms in total. The van der Waals surface area contributed by atoms with Crippen LogP contribution in [-0.2, 0) is 33.4 Å². The van der Waals surface area contributed by atoms with Crippen molar-refractivity contribution in [3.63, 3.8) is 0 Å². The van der Waals surface area contributed by atoms with E-state index in [1.54, 1.807) is 147 Å². The van der Waals surface area contributed by atoms with Crippen LogP contribution < -0.4 is 50.2 Å². The van der Waals surface area contributed by atoms with E-state index in [4.69, 9.17) is 71.9 Å². The Bertz CT molecular complexity index is 5710. The van der Waals surface area contributed by atoms with Gasteiger partial charge in [-0.3, -0.25) is 4.90 Å². The van der Waals surface area contributed by atoms with Crippen molar-refractivity contribution in [2.24, 2.45) is 0 Å². The standard InChI is InChI=1S/C25H27N5O2.C25H30N4O6S.C22H21FN4O3.C21H19FN4O/c26-17-19-4-6-20(7-5-19)24-18-27-25(32-24)28-21-14-22(29-8-2-1-3-9-29)16-23(15-21)30-10-12-31-13-11-30;1-31-8-9-32-10-11-33-12-13-34-23-15-21(14-22(16-23)29-36(2,3)30)28-25-27-18-24(35-25)20-6-4-19(17-26)5-7-20;23-18-11-19(13-20(12-18)29-10-7-27-5-8-28-9-6-27)26-22-25-15-21(30-22)17-3-1-16(14-24)2-4-17;22-17-10-18(12-19(11-17)26-8-2-1-3-9-26)25-21-24-14-20(27-21)16-6-4-15(13-23)5-7-16/h4-7,14-16,18H,1-3,8-13H2,(H,27,28);4-7,14-16,18H,2,8-13H2,1,3H3,(H,27,28)(H,29,30);1-4,11-13,15H,5-10H2,(H,25,26);4-7,10-12,14H,1-3,8-9H2,(H,24,25). The van der Waals surface area contributed by atoms with Gasteiger partial charge in [0.15, 0.2) is 23.0 Å². The molecule has 4 aromatic heterocycles. The van der Waals surface area contributed by atoms with Crippen molar-refractivity contribution in [2.45, 2.75) is 38.5 Å². The number of nitrogens with zero attached hydrogens (tertiary/aromatic N) is 12. The van der Waals surface area contributed by atoms with Gasteiger partial charge in [0, 0.05) is 168 Å². The fourth-order valence-corrected chi connectivity index (χ4v) is 14.4. The first-order valence-corrected chi connectivity index (χ1v) is 43.2. The summed E-state index contributed by atoms with van der Waals surface area (Å²) < 4.78 is 105. The van der Waals surface area contributed by atoms with E-state index in [0.29, 0.717) is 138 Å². The Morgan fingerprint density at radius 1 is 0.400 bits per heavy atom. The lowest BCUT2D eigenvalue weighted by Crippen LogP contribution is -2.38. The van der Waals surface area contributed by atoms with Crippen LogP contribution in [0.1, 0.15) is 60.8 Å². The molecule has 0 saturated carbocycles. The number of oxazole rings is 4. The number of nitriles is 4. The van der Waals surface area contributed by atoms with Crippen molar-refractivity contribution < 1.29 is 63.8 Å². The van der Waals surface area contributed by atoms with E-state index in [1.807, 2.05) is 18.2 Å². The predicted molar refractivity (Wildman–Crippen MR) is 477 cm³/mol. The van der Waals surface area contributed by atoms with Crippen LogP contribution in [-0.4, -0.2) is 180 Å². The third-order valence-corrected chi connectivity index (χ3v) is 20.7. The highest BCUT2D eigenvalue weighted by molar-refractivity contribution is 8.00. The highest BCUT2D eigenvalue weighted by Crippen LogP contribution is 2.37. The number of ether oxygens (including phenoxy) is 7. The molecule has 4 aliphatic heterocycles. The van der Waals surface area contributed by atoms with Crippen molar-refractivity contribution in [1.29, 1.82) is 21.0 Å². The summed E-state index contributed by atoms with van der Waals surface area (Å²) in [5.74, 6) is 6.24. The molecule has 16 rings (SSSR count). The molecule has 8 heterocycles. The molecule has 4 fully saturated rings. The SMILES string of the molecule is C=S(C)(=O)Nc1cc(Nc2ncc(-c3ccc(C#N)cc3)o2)cc(OCCOCCOCCOC)c1.N#Cc1ccc(-c2cnc(Nc3cc(F)cc(N4CCCCC4)c3)o2)cc1.N#Cc1ccc(-c2cnc(Nc3cc(F)cc(OCCN4CCOCC4)c3)o2)cc1.N#Cc1ccc(-c2cnc(Nc3cc(N4CCCCC4)cc(N4CCOCC4)c3)o2)cc1. The zero-order valence-corrected chi connectivity index (χ0v) is 70.3. The summed E-state index contributed by atoms with van der Waals surface area (Å²) in [5.41, 5.74) is 12.1. The first-order valence-electron chi connectivity index (χ1n) is 41.0. The molecule has 0 spiro atoms. The zero-order chi connectivity index (χ0) is 87.0. The van der Waals surface area contributed by atoms with Crippen LogP contribution >= 0.6 is 0 Å². The Labute approximate surface area is 724 Å².